The Morgan fingerprint density at radius 1 is 0.642 bits per heavy atom. The van der Waals surface area contributed by atoms with E-state index in [4.69, 9.17) is 52.7 Å². The molecule has 16 heteroatoms. The molecule has 8 atom stereocenters. The Morgan fingerprint density at radius 3 is 1.76 bits per heavy atom. The monoisotopic (exact) mass is 915 g/mol. The third kappa shape index (κ3) is 13.6. The summed E-state index contributed by atoms with van der Waals surface area (Å²) in [5.74, 6) is -3.00. The molecule has 4 aromatic carbocycles. The van der Waals surface area contributed by atoms with Crippen LogP contribution in [0, 0.1) is 0 Å². The van der Waals surface area contributed by atoms with E-state index >= 15 is 0 Å². The Balaban J connectivity index is 1.35. The van der Waals surface area contributed by atoms with Gasteiger partial charge >= 0.3 is 23.9 Å². The van der Waals surface area contributed by atoms with Gasteiger partial charge in [0.25, 0.3) is 0 Å². The maximum atomic E-state index is 12.9. The van der Waals surface area contributed by atoms with Gasteiger partial charge in [-0.15, -0.1) is 0 Å². The smallest absolute Gasteiger partial charge is 0.303 e. The van der Waals surface area contributed by atoms with Crippen LogP contribution in [0.3, 0.4) is 0 Å². The molecule has 1 saturated heterocycles. The largest absolute Gasteiger partial charge is 0.463 e. The summed E-state index contributed by atoms with van der Waals surface area (Å²) in [5, 5.41) is 4.87. The van der Waals surface area contributed by atoms with Gasteiger partial charge in [0.1, 0.15) is 31.0 Å². The lowest BCUT2D eigenvalue weighted by molar-refractivity contribution is -0.329. The molecular formula is C51H53N3O13. The van der Waals surface area contributed by atoms with Crippen LogP contribution in [0.2, 0.25) is 0 Å². The van der Waals surface area contributed by atoms with Crippen LogP contribution in [0.4, 0.5) is 0 Å². The van der Waals surface area contributed by atoms with Crippen molar-refractivity contribution in [3.05, 3.63) is 162 Å². The van der Waals surface area contributed by atoms with Crippen molar-refractivity contribution in [1.82, 2.24) is 14.6 Å². The van der Waals surface area contributed by atoms with Crippen molar-refractivity contribution in [3.63, 3.8) is 0 Å². The second-order valence-corrected chi connectivity index (χ2v) is 15.8. The first-order valence-corrected chi connectivity index (χ1v) is 21.8. The SMILES string of the molecule is CC(=O)OC[C@H]1O[C@@H](O[C@H](COCc2ccccc2)[C@@H](OCc2ccccc2)[C@H](OCc2ccccc2)c2cnc3cc(-c4ccccc4)nn3c2)[C@H](OC(C)=O)[C@@H](OC(C)=O)[C@@H]1OC(C)=O. The molecular weight excluding hydrogens is 863 g/mol. The first-order valence-electron chi connectivity index (χ1n) is 21.8. The molecule has 0 amide bonds. The van der Waals surface area contributed by atoms with Crippen LogP contribution in [-0.2, 0) is 81.6 Å². The van der Waals surface area contributed by atoms with Gasteiger partial charge in [0.05, 0.1) is 32.1 Å². The number of carbonyl (C=O) groups excluding carboxylic acids is 4. The van der Waals surface area contributed by atoms with Crippen molar-refractivity contribution >= 4 is 29.5 Å². The predicted molar refractivity (Wildman–Crippen MR) is 240 cm³/mol. The predicted octanol–water partition coefficient (Wildman–Crippen LogP) is 6.92. The highest BCUT2D eigenvalue weighted by Crippen LogP contribution is 2.35. The molecule has 0 aliphatic carbocycles. The zero-order valence-electron chi connectivity index (χ0n) is 37.6. The lowest BCUT2D eigenvalue weighted by Crippen LogP contribution is -2.64. The highest BCUT2D eigenvalue weighted by Gasteiger charge is 2.54. The zero-order valence-corrected chi connectivity index (χ0v) is 37.6. The number of fused-ring (bicyclic) bond motifs is 1. The summed E-state index contributed by atoms with van der Waals surface area (Å²) in [4.78, 5) is 55.2. The summed E-state index contributed by atoms with van der Waals surface area (Å²) < 4.78 is 57.9. The molecule has 1 aliphatic rings. The van der Waals surface area contributed by atoms with Crippen LogP contribution in [0.1, 0.15) is 56.1 Å². The first-order chi connectivity index (χ1) is 32.5. The Hall–Kier alpha value is -6.82. The molecule has 7 rings (SSSR count). The number of hydrogen-bond donors (Lipinski definition) is 0. The number of carbonyl (C=O) groups is 4. The van der Waals surface area contributed by atoms with Crippen molar-refractivity contribution in [2.24, 2.45) is 0 Å². The van der Waals surface area contributed by atoms with Crippen LogP contribution in [0.25, 0.3) is 16.9 Å². The van der Waals surface area contributed by atoms with Crippen molar-refractivity contribution in [2.45, 2.75) is 96.5 Å². The number of benzene rings is 4. The zero-order chi connectivity index (χ0) is 47.1. The third-order valence-electron chi connectivity index (χ3n) is 10.6. The number of rotatable bonds is 21. The van der Waals surface area contributed by atoms with Crippen LogP contribution in [0.15, 0.2) is 140 Å². The summed E-state index contributed by atoms with van der Waals surface area (Å²) in [7, 11) is 0. The lowest BCUT2D eigenvalue weighted by atomic mass is 9.97. The van der Waals surface area contributed by atoms with Crippen molar-refractivity contribution in [1.29, 1.82) is 0 Å². The Morgan fingerprint density at radius 2 is 1.18 bits per heavy atom. The van der Waals surface area contributed by atoms with Gasteiger partial charge < -0.3 is 42.6 Å². The van der Waals surface area contributed by atoms with Crippen LogP contribution < -0.4 is 0 Å². The third-order valence-corrected chi connectivity index (χ3v) is 10.6. The normalized spacial score (nSPS) is 19.4. The molecule has 0 saturated carbocycles. The van der Waals surface area contributed by atoms with Crippen LogP contribution in [0.5, 0.6) is 0 Å². The van der Waals surface area contributed by atoms with Gasteiger partial charge in [0, 0.05) is 57.3 Å². The fourth-order valence-electron chi connectivity index (χ4n) is 7.63. The molecule has 0 N–H and O–H groups in total. The number of esters is 4. The molecule has 3 heterocycles. The summed E-state index contributed by atoms with van der Waals surface area (Å²) in [5.41, 5.74) is 5.33. The minimum atomic E-state index is -1.58. The number of hydrogen-bond acceptors (Lipinski definition) is 15. The molecule has 0 spiro atoms. The van der Waals surface area contributed by atoms with E-state index in [0.29, 0.717) is 16.9 Å². The minimum Gasteiger partial charge on any atom is -0.463 e. The van der Waals surface area contributed by atoms with E-state index in [0.717, 1.165) is 43.0 Å². The van der Waals surface area contributed by atoms with Gasteiger partial charge in [-0.2, -0.15) is 5.10 Å². The second kappa shape index (κ2) is 23.6. The van der Waals surface area contributed by atoms with Crippen molar-refractivity contribution < 1.29 is 61.8 Å². The van der Waals surface area contributed by atoms with Gasteiger partial charge in [-0.3, -0.25) is 19.2 Å². The molecule has 350 valence electrons. The Labute approximate surface area is 388 Å². The molecule has 0 unspecified atom stereocenters. The number of ether oxygens (including phenoxy) is 9. The van der Waals surface area contributed by atoms with E-state index in [-0.39, 0.29) is 26.4 Å². The molecule has 16 nitrogen and oxygen atoms in total. The quantitative estimate of drug-likeness (QED) is 0.0535. The highest BCUT2D eigenvalue weighted by atomic mass is 16.7. The summed E-state index contributed by atoms with van der Waals surface area (Å²) in [6.07, 6.45) is -6.98. The highest BCUT2D eigenvalue weighted by molar-refractivity contribution is 5.69. The van der Waals surface area contributed by atoms with E-state index in [9.17, 15) is 19.2 Å². The van der Waals surface area contributed by atoms with E-state index in [2.05, 4.69) is 0 Å². The molecule has 1 fully saturated rings. The fraction of sp³-hybridized carbons (Fsp3) is 0.333. The lowest BCUT2D eigenvalue weighted by Gasteiger charge is -2.45. The Bertz CT molecular complexity index is 2530. The van der Waals surface area contributed by atoms with E-state index in [1.807, 2.05) is 134 Å². The molecule has 6 aromatic rings. The molecule has 0 radical (unpaired) electrons. The van der Waals surface area contributed by atoms with Crippen molar-refractivity contribution in [3.8, 4) is 11.3 Å². The average molecular weight is 916 g/mol. The minimum absolute atomic E-state index is 0.0728. The van der Waals surface area contributed by atoms with Gasteiger partial charge in [-0.1, -0.05) is 121 Å². The maximum absolute atomic E-state index is 12.9. The van der Waals surface area contributed by atoms with Gasteiger partial charge in [-0.25, -0.2) is 9.50 Å². The van der Waals surface area contributed by atoms with E-state index in [1.165, 1.54) is 6.92 Å². The number of aromatic nitrogens is 3. The van der Waals surface area contributed by atoms with E-state index in [1.54, 1.807) is 10.7 Å². The maximum Gasteiger partial charge on any atom is 0.303 e. The van der Waals surface area contributed by atoms with Gasteiger partial charge in [-0.05, 0) is 16.7 Å². The van der Waals surface area contributed by atoms with Gasteiger partial charge in [0.2, 0.25) is 0 Å². The second-order valence-electron chi connectivity index (χ2n) is 15.8. The topological polar surface area (TPSA) is 182 Å². The molecule has 1 aliphatic heterocycles. The van der Waals surface area contributed by atoms with Crippen molar-refractivity contribution in [2.75, 3.05) is 13.2 Å². The first kappa shape index (κ1) is 48.1. The molecule has 0 bridgehead atoms. The fourth-order valence-corrected chi connectivity index (χ4v) is 7.63. The van der Waals surface area contributed by atoms with Gasteiger partial charge in [0.15, 0.2) is 30.2 Å². The Kier molecular flexibility index (Phi) is 16.9. The molecule has 2 aromatic heterocycles. The van der Waals surface area contributed by atoms with E-state index < -0.39 is 79.5 Å². The number of nitrogens with zero attached hydrogens (tertiary/aromatic N) is 3. The summed E-state index contributed by atoms with van der Waals surface area (Å²) >= 11 is 0. The van der Waals surface area contributed by atoms with Crippen LogP contribution >= 0.6 is 0 Å². The molecule has 67 heavy (non-hydrogen) atoms. The summed E-state index contributed by atoms with van der Waals surface area (Å²) in [6, 6.07) is 40.3. The van der Waals surface area contributed by atoms with Crippen LogP contribution in [-0.4, -0.2) is 94.6 Å². The standard InChI is InChI=1S/C51H53N3O13/c1-33(55)60-32-44-48(63-34(2)56)49(64-35(3)57)50(65-36(4)58)51(67-44)66-43(31-59-28-37-17-9-5-10-18-37)47(62-30-39-21-13-7-14-22-39)46(61-29-38-19-11-6-12-20-38)41-26-52-45-25-42(53-54(45)27-41)40-23-15-8-16-24-40/h5-27,43-44,46-51H,28-32H2,1-4H3/t43-,44-,46-,47-,48-,49+,50-,51-/m1/s1. The average Bonchev–Trinajstić information content (AvgIpc) is 3.76. The summed E-state index contributed by atoms with van der Waals surface area (Å²) in [6.45, 7) is 4.40.